The van der Waals surface area contributed by atoms with Crippen LogP contribution in [0.5, 0.6) is 5.75 Å². The molecule has 80 valence electrons. The van der Waals surface area contributed by atoms with Crippen molar-refractivity contribution in [2.24, 2.45) is 0 Å². The van der Waals surface area contributed by atoms with E-state index in [-0.39, 0.29) is 0 Å². The number of aromatic hydroxyl groups is 1. The Balaban J connectivity index is 2.67. The number of aryl methyl sites for hydroxylation is 1. The summed E-state index contributed by atoms with van der Waals surface area (Å²) < 4.78 is 0.966. The summed E-state index contributed by atoms with van der Waals surface area (Å²) in [6.07, 6.45) is 0. The third-order valence-electron chi connectivity index (χ3n) is 2.78. The molecule has 4 heteroatoms. The Morgan fingerprint density at radius 3 is 2.69 bits per heavy atom. The van der Waals surface area contributed by atoms with E-state index in [0.717, 1.165) is 26.6 Å². The van der Waals surface area contributed by atoms with Crippen molar-refractivity contribution < 1.29 is 5.11 Å². The second kappa shape index (κ2) is 3.09. The van der Waals surface area contributed by atoms with Gasteiger partial charge in [0.2, 0.25) is 0 Å². The highest BCUT2D eigenvalue weighted by Gasteiger charge is 2.13. The summed E-state index contributed by atoms with van der Waals surface area (Å²) in [6, 6.07) is 7.69. The SMILES string of the molecule is Cc1c(O)c2ccccc2c2nc(N)sc12. The predicted octanol–water partition coefficient (Wildman–Crippen LogP) is 3.05. The number of rotatable bonds is 0. The monoisotopic (exact) mass is 230 g/mol. The van der Waals surface area contributed by atoms with E-state index in [0.29, 0.717) is 10.9 Å². The molecule has 0 radical (unpaired) electrons. The number of aromatic nitrogens is 1. The summed E-state index contributed by atoms with van der Waals surface area (Å²) in [5.41, 5.74) is 7.46. The van der Waals surface area contributed by atoms with Gasteiger partial charge in [-0.3, -0.25) is 0 Å². The molecule has 1 heterocycles. The van der Waals surface area contributed by atoms with Crippen LogP contribution in [0.25, 0.3) is 21.0 Å². The molecule has 0 atom stereocenters. The lowest BCUT2D eigenvalue weighted by Crippen LogP contribution is -1.83. The Morgan fingerprint density at radius 1 is 1.25 bits per heavy atom. The van der Waals surface area contributed by atoms with Gasteiger partial charge in [0.05, 0.1) is 10.2 Å². The minimum absolute atomic E-state index is 0.326. The summed E-state index contributed by atoms with van der Waals surface area (Å²) in [7, 11) is 0. The summed E-state index contributed by atoms with van der Waals surface area (Å²) in [4.78, 5) is 4.33. The molecule has 3 nitrogen and oxygen atoms in total. The van der Waals surface area contributed by atoms with Gasteiger partial charge in [-0.25, -0.2) is 4.98 Å². The second-order valence-corrected chi connectivity index (χ2v) is 4.78. The van der Waals surface area contributed by atoms with E-state index in [4.69, 9.17) is 5.73 Å². The Labute approximate surface area is 96.2 Å². The molecule has 0 saturated carbocycles. The molecule has 0 aliphatic rings. The first-order chi connectivity index (χ1) is 7.68. The van der Waals surface area contributed by atoms with Crippen LogP contribution >= 0.6 is 11.3 Å². The Morgan fingerprint density at radius 2 is 1.94 bits per heavy atom. The van der Waals surface area contributed by atoms with E-state index in [1.54, 1.807) is 0 Å². The average molecular weight is 230 g/mol. The van der Waals surface area contributed by atoms with Crippen molar-refractivity contribution in [1.82, 2.24) is 4.98 Å². The van der Waals surface area contributed by atoms with Crippen molar-refractivity contribution >= 4 is 37.5 Å². The lowest BCUT2D eigenvalue weighted by molar-refractivity contribution is 0.478. The van der Waals surface area contributed by atoms with E-state index in [2.05, 4.69) is 4.98 Å². The molecule has 1 aromatic heterocycles. The summed E-state index contributed by atoms with van der Waals surface area (Å²) in [5, 5.41) is 12.4. The zero-order valence-corrected chi connectivity index (χ0v) is 9.51. The largest absolute Gasteiger partial charge is 0.507 e. The number of benzene rings is 2. The van der Waals surface area contributed by atoms with Crippen molar-refractivity contribution in [3.8, 4) is 5.75 Å². The van der Waals surface area contributed by atoms with Crippen molar-refractivity contribution in [3.05, 3.63) is 29.8 Å². The number of fused-ring (bicyclic) bond motifs is 3. The van der Waals surface area contributed by atoms with Gasteiger partial charge < -0.3 is 10.8 Å². The molecular formula is C12H10N2OS. The molecular weight excluding hydrogens is 220 g/mol. The zero-order valence-electron chi connectivity index (χ0n) is 8.69. The normalized spacial score (nSPS) is 11.3. The fourth-order valence-electron chi connectivity index (χ4n) is 1.98. The molecule has 0 spiro atoms. The quantitative estimate of drug-likeness (QED) is 0.624. The number of phenolic OH excluding ortho intramolecular Hbond substituents is 1. The number of nitrogen functional groups attached to an aromatic ring is 1. The summed E-state index contributed by atoms with van der Waals surface area (Å²) in [6.45, 7) is 1.89. The molecule has 0 unspecified atom stereocenters. The van der Waals surface area contributed by atoms with E-state index >= 15 is 0 Å². The molecule has 0 aliphatic carbocycles. The molecule has 0 aliphatic heterocycles. The molecule has 0 saturated heterocycles. The Bertz CT molecular complexity index is 703. The number of anilines is 1. The topological polar surface area (TPSA) is 59.1 Å². The van der Waals surface area contributed by atoms with Crippen LogP contribution in [0.15, 0.2) is 24.3 Å². The number of thiazole rings is 1. The van der Waals surface area contributed by atoms with E-state index < -0.39 is 0 Å². The first-order valence-electron chi connectivity index (χ1n) is 4.95. The highest BCUT2D eigenvalue weighted by atomic mass is 32.1. The maximum atomic E-state index is 10.1. The lowest BCUT2D eigenvalue weighted by atomic mass is 10.0. The van der Waals surface area contributed by atoms with Crippen LogP contribution < -0.4 is 5.73 Å². The molecule has 3 N–H and O–H groups in total. The van der Waals surface area contributed by atoms with E-state index in [1.165, 1.54) is 11.3 Å². The van der Waals surface area contributed by atoms with Gasteiger partial charge in [-0.15, -0.1) is 0 Å². The standard InChI is InChI=1S/C12H10N2OS/c1-6-10(15)8-5-3-2-4-7(8)9-11(6)16-12(13)14-9/h2-5,15H,1H3,(H2,13,14). The number of nitrogens with two attached hydrogens (primary N) is 1. The summed E-state index contributed by atoms with van der Waals surface area (Å²) >= 11 is 1.41. The van der Waals surface area contributed by atoms with Crippen LogP contribution in [0, 0.1) is 6.92 Å². The molecule has 16 heavy (non-hydrogen) atoms. The first kappa shape index (κ1) is 9.42. The number of nitrogens with zero attached hydrogens (tertiary/aromatic N) is 1. The highest BCUT2D eigenvalue weighted by Crippen LogP contribution is 2.39. The maximum absolute atomic E-state index is 10.1. The van der Waals surface area contributed by atoms with Gasteiger partial charge in [-0.05, 0) is 6.92 Å². The highest BCUT2D eigenvalue weighted by molar-refractivity contribution is 7.22. The molecule has 3 aromatic rings. The van der Waals surface area contributed by atoms with Crippen LogP contribution in [0.1, 0.15) is 5.56 Å². The average Bonchev–Trinajstić information content (AvgIpc) is 2.68. The molecule has 0 amide bonds. The second-order valence-electron chi connectivity index (χ2n) is 3.75. The Kier molecular flexibility index (Phi) is 1.82. The smallest absolute Gasteiger partial charge is 0.181 e. The van der Waals surface area contributed by atoms with E-state index in [9.17, 15) is 5.11 Å². The van der Waals surface area contributed by atoms with Crippen LogP contribution in [0.2, 0.25) is 0 Å². The zero-order chi connectivity index (χ0) is 11.3. The minimum Gasteiger partial charge on any atom is -0.507 e. The molecule has 0 fully saturated rings. The van der Waals surface area contributed by atoms with Crippen molar-refractivity contribution in [1.29, 1.82) is 0 Å². The van der Waals surface area contributed by atoms with Crippen molar-refractivity contribution in [2.45, 2.75) is 6.92 Å². The van der Waals surface area contributed by atoms with Gasteiger partial charge >= 0.3 is 0 Å². The third-order valence-corrected chi connectivity index (χ3v) is 3.78. The van der Waals surface area contributed by atoms with Crippen LogP contribution in [-0.2, 0) is 0 Å². The maximum Gasteiger partial charge on any atom is 0.181 e. The van der Waals surface area contributed by atoms with Crippen molar-refractivity contribution in [3.63, 3.8) is 0 Å². The van der Waals surface area contributed by atoms with Gasteiger partial charge in [0.1, 0.15) is 5.75 Å². The number of hydrogen-bond acceptors (Lipinski definition) is 4. The fraction of sp³-hybridized carbons (Fsp3) is 0.0833. The summed E-state index contributed by atoms with van der Waals surface area (Å²) in [5.74, 6) is 0.326. The third kappa shape index (κ3) is 1.10. The molecule has 3 rings (SSSR count). The Hall–Kier alpha value is -1.81. The first-order valence-corrected chi connectivity index (χ1v) is 5.76. The van der Waals surface area contributed by atoms with Gasteiger partial charge in [-0.1, -0.05) is 35.6 Å². The van der Waals surface area contributed by atoms with Crippen molar-refractivity contribution in [2.75, 3.05) is 5.73 Å². The fourth-order valence-corrected chi connectivity index (χ4v) is 2.83. The van der Waals surface area contributed by atoms with Crippen LogP contribution in [0.4, 0.5) is 5.13 Å². The van der Waals surface area contributed by atoms with Gasteiger partial charge in [0.25, 0.3) is 0 Å². The van der Waals surface area contributed by atoms with E-state index in [1.807, 2.05) is 31.2 Å². The lowest BCUT2D eigenvalue weighted by Gasteiger charge is -2.05. The van der Waals surface area contributed by atoms with Crippen LogP contribution in [0.3, 0.4) is 0 Å². The van der Waals surface area contributed by atoms with Gasteiger partial charge in [-0.2, -0.15) is 0 Å². The minimum atomic E-state index is 0.326. The van der Waals surface area contributed by atoms with Gasteiger partial charge in [0.15, 0.2) is 5.13 Å². The number of hydrogen-bond donors (Lipinski definition) is 2. The molecule has 2 aromatic carbocycles. The van der Waals surface area contributed by atoms with Crippen LogP contribution in [-0.4, -0.2) is 10.1 Å². The number of phenols is 1. The molecule has 0 bridgehead atoms. The van der Waals surface area contributed by atoms with Gasteiger partial charge in [0, 0.05) is 16.3 Å². The predicted molar refractivity (Wildman–Crippen MR) is 67.9 cm³/mol.